The van der Waals surface area contributed by atoms with E-state index in [1.807, 2.05) is 0 Å². The van der Waals surface area contributed by atoms with Gasteiger partial charge in [0.2, 0.25) is 0 Å². The van der Waals surface area contributed by atoms with Crippen molar-refractivity contribution in [3.05, 3.63) is 42.5 Å². The van der Waals surface area contributed by atoms with Crippen LogP contribution in [0.2, 0.25) is 0 Å². The second-order valence-corrected chi connectivity index (χ2v) is 6.48. The van der Waals surface area contributed by atoms with Crippen molar-refractivity contribution in [2.45, 2.75) is 4.90 Å². The van der Waals surface area contributed by atoms with Gasteiger partial charge in [0.15, 0.2) is 6.61 Å². The molecular formula is C15H14N2O5S. The Labute approximate surface area is 133 Å². The van der Waals surface area contributed by atoms with Crippen molar-refractivity contribution in [1.82, 2.24) is 0 Å². The Morgan fingerprint density at radius 1 is 1.17 bits per heavy atom. The number of nitrogens with one attached hydrogen (secondary N) is 2. The van der Waals surface area contributed by atoms with Gasteiger partial charge in [-0.2, -0.15) is 0 Å². The largest absolute Gasteiger partial charge is 0.497 e. The van der Waals surface area contributed by atoms with Crippen LogP contribution in [0.25, 0.3) is 0 Å². The Hall–Kier alpha value is -2.74. The molecular weight excluding hydrogens is 320 g/mol. The first kappa shape index (κ1) is 15.2. The summed E-state index contributed by atoms with van der Waals surface area (Å²) in [6.45, 7) is -0.0956. The maximum absolute atomic E-state index is 12.5. The number of carbonyl (C=O) groups is 1. The van der Waals surface area contributed by atoms with Gasteiger partial charge in [-0.1, -0.05) is 6.07 Å². The molecule has 0 saturated carbocycles. The topological polar surface area (TPSA) is 93.7 Å². The molecule has 23 heavy (non-hydrogen) atoms. The van der Waals surface area contributed by atoms with E-state index in [9.17, 15) is 13.2 Å². The molecule has 0 atom stereocenters. The number of ether oxygens (including phenoxy) is 2. The third kappa shape index (κ3) is 3.07. The van der Waals surface area contributed by atoms with Gasteiger partial charge >= 0.3 is 0 Å². The van der Waals surface area contributed by atoms with Crippen molar-refractivity contribution < 1.29 is 22.7 Å². The Bertz CT molecular complexity index is 847. The number of fused-ring (bicyclic) bond motifs is 1. The fraction of sp³-hybridized carbons (Fsp3) is 0.133. The summed E-state index contributed by atoms with van der Waals surface area (Å²) in [5.74, 6) is 0.634. The molecule has 3 rings (SSSR count). The number of methoxy groups -OCH3 is 1. The monoisotopic (exact) mass is 334 g/mol. The van der Waals surface area contributed by atoms with Gasteiger partial charge in [0.1, 0.15) is 17.2 Å². The Morgan fingerprint density at radius 2 is 1.91 bits per heavy atom. The molecule has 7 nitrogen and oxygen atoms in total. The van der Waals surface area contributed by atoms with Crippen molar-refractivity contribution in [2.75, 3.05) is 23.8 Å². The predicted octanol–water partition coefficient (Wildman–Crippen LogP) is 1.83. The first-order valence-corrected chi connectivity index (χ1v) is 8.20. The van der Waals surface area contributed by atoms with Gasteiger partial charge in [0.05, 0.1) is 17.7 Å². The van der Waals surface area contributed by atoms with Crippen LogP contribution in [0.15, 0.2) is 47.4 Å². The molecule has 8 heteroatoms. The Morgan fingerprint density at radius 3 is 2.61 bits per heavy atom. The highest BCUT2D eigenvalue weighted by molar-refractivity contribution is 7.92. The van der Waals surface area contributed by atoms with Crippen molar-refractivity contribution in [3.8, 4) is 11.5 Å². The predicted molar refractivity (Wildman–Crippen MR) is 84.4 cm³/mol. The van der Waals surface area contributed by atoms with Crippen LogP contribution in [-0.4, -0.2) is 28.0 Å². The summed E-state index contributed by atoms with van der Waals surface area (Å²) in [6, 6.07) is 10.8. The Balaban J connectivity index is 1.93. The molecule has 0 saturated heterocycles. The minimum absolute atomic E-state index is 0.0824. The van der Waals surface area contributed by atoms with Gasteiger partial charge in [-0.3, -0.25) is 9.52 Å². The summed E-state index contributed by atoms with van der Waals surface area (Å²) in [5, 5.41) is 2.61. The second-order valence-electron chi connectivity index (χ2n) is 4.80. The van der Waals surface area contributed by atoms with E-state index in [0.29, 0.717) is 17.2 Å². The maximum Gasteiger partial charge on any atom is 0.262 e. The van der Waals surface area contributed by atoms with Gasteiger partial charge in [0.25, 0.3) is 15.9 Å². The van der Waals surface area contributed by atoms with Gasteiger partial charge in [0, 0.05) is 0 Å². The number of amides is 1. The highest BCUT2D eigenvalue weighted by Gasteiger charge is 2.22. The third-order valence-electron chi connectivity index (χ3n) is 3.26. The molecule has 1 heterocycles. The van der Waals surface area contributed by atoms with Gasteiger partial charge < -0.3 is 14.8 Å². The zero-order valence-electron chi connectivity index (χ0n) is 12.2. The molecule has 2 aromatic rings. The van der Waals surface area contributed by atoms with Gasteiger partial charge in [-0.25, -0.2) is 8.42 Å². The number of hydrogen-bond acceptors (Lipinski definition) is 5. The summed E-state index contributed by atoms with van der Waals surface area (Å²) in [7, 11) is -2.30. The standard InChI is InChI=1S/C15H14N2O5S/c1-21-10-5-7-11(8-6-10)23(19,20)17-12-3-2-4-13-15(12)16-14(18)9-22-13/h2-8,17H,9H2,1H3,(H,16,18). The van der Waals surface area contributed by atoms with Crippen LogP contribution in [0, 0.1) is 0 Å². The van der Waals surface area contributed by atoms with E-state index in [4.69, 9.17) is 9.47 Å². The molecule has 1 aliphatic rings. The number of benzene rings is 2. The third-order valence-corrected chi connectivity index (χ3v) is 4.64. The average Bonchev–Trinajstić information content (AvgIpc) is 2.55. The Kier molecular flexibility index (Phi) is 3.83. The maximum atomic E-state index is 12.5. The fourth-order valence-electron chi connectivity index (χ4n) is 2.14. The molecule has 1 amide bonds. The lowest BCUT2D eigenvalue weighted by atomic mass is 10.2. The molecule has 0 aliphatic carbocycles. The average molecular weight is 334 g/mol. The van der Waals surface area contributed by atoms with E-state index < -0.39 is 10.0 Å². The number of sulfonamides is 1. The smallest absolute Gasteiger partial charge is 0.262 e. The van der Waals surface area contributed by atoms with Crippen molar-refractivity contribution in [1.29, 1.82) is 0 Å². The van der Waals surface area contributed by atoms with Crippen LogP contribution in [0.1, 0.15) is 0 Å². The van der Waals surface area contributed by atoms with Crippen LogP contribution in [0.4, 0.5) is 11.4 Å². The molecule has 0 spiro atoms. The number of hydrogen-bond donors (Lipinski definition) is 2. The molecule has 0 aromatic heterocycles. The fourth-order valence-corrected chi connectivity index (χ4v) is 3.21. The van der Waals surface area contributed by atoms with Crippen LogP contribution in [0.3, 0.4) is 0 Å². The zero-order valence-corrected chi connectivity index (χ0v) is 13.0. The highest BCUT2D eigenvalue weighted by atomic mass is 32.2. The molecule has 2 aromatic carbocycles. The zero-order chi connectivity index (χ0) is 16.4. The van der Waals surface area contributed by atoms with E-state index in [0.717, 1.165) is 0 Å². The minimum atomic E-state index is -3.80. The number of anilines is 2. The van der Waals surface area contributed by atoms with E-state index in [1.54, 1.807) is 30.3 Å². The van der Waals surface area contributed by atoms with Crippen molar-refractivity contribution >= 4 is 27.3 Å². The number of para-hydroxylation sites is 1. The molecule has 0 unspecified atom stereocenters. The van der Waals surface area contributed by atoms with Crippen LogP contribution in [-0.2, 0) is 14.8 Å². The lowest BCUT2D eigenvalue weighted by Crippen LogP contribution is -2.26. The SMILES string of the molecule is COc1ccc(S(=O)(=O)Nc2cccc3c2NC(=O)CO3)cc1. The van der Waals surface area contributed by atoms with Gasteiger partial charge in [-0.05, 0) is 36.4 Å². The summed E-state index contributed by atoms with van der Waals surface area (Å²) >= 11 is 0. The molecule has 120 valence electrons. The quantitative estimate of drug-likeness (QED) is 0.889. The number of rotatable bonds is 4. The summed E-state index contributed by atoms with van der Waals surface area (Å²) < 4.78 is 37.7. The van der Waals surface area contributed by atoms with E-state index in [-0.39, 0.29) is 23.1 Å². The van der Waals surface area contributed by atoms with Crippen molar-refractivity contribution in [3.63, 3.8) is 0 Å². The molecule has 0 bridgehead atoms. The molecule has 1 aliphatic heterocycles. The van der Waals surface area contributed by atoms with Crippen LogP contribution >= 0.6 is 0 Å². The summed E-state index contributed by atoms with van der Waals surface area (Å²) in [4.78, 5) is 11.5. The molecule has 2 N–H and O–H groups in total. The molecule has 0 fully saturated rings. The number of carbonyl (C=O) groups excluding carboxylic acids is 1. The minimum Gasteiger partial charge on any atom is -0.497 e. The first-order chi connectivity index (χ1) is 11.0. The van der Waals surface area contributed by atoms with Gasteiger partial charge in [-0.15, -0.1) is 0 Å². The van der Waals surface area contributed by atoms with Crippen LogP contribution in [0.5, 0.6) is 11.5 Å². The normalized spacial score (nSPS) is 13.5. The summed E-state index contributed by atoms with van der Waals surface area (Å²) in [6.07, 6.45) is 0. The van der Waals surface area contributed by atoms with E-state index in [2.05, 4.69) is 10.0 Å². The summed E-state index contributed by atoms with van der Waals surface area (Å²) in [5.41, 5.74) is 0.548. The van der Waals surface area contributed by atoms with Crippen LogP contribution < -0.4 is 19.5 Å². The second kappa shape index (κ2) is 5.81. The lowest BCUT2D eigenvalue weighted by molar-refractivity contribution is -0.118. The van der Waals surface area contributed by atoms with Crippen molar-refractivity contribution in [2.24, 2.45) is 0 Å². The lowest BCUT2D eigenvalue weighted by Gasteiger charge is -2.21. The molecule has 0 radical (unpaired) electrons. The van der Waals surface area contributed by atoms with E-state index in [1.165, 1.54) is 19.2 Å². The van der Waals surface area contributed by atoms with E-state index >= 15 is 0 Å². The first-order valence-electron chi connectivity index (χ1n) is 6.72. The highest BCUT2D eigenvalue weighted by Crippen LogP contribution is 2.35.